The molecule has 0 saturated carbocycles. The molecule has 0 aromatic heterocycles. The molecule has 1 nitrogen and oxygen atoms in total. The molecule has 0 spiro atoms. The molecule has 0 atom stereocenters. The van der Waals surface area contributed by atoms with Crippen molar-refractivity contribution in [3.8, 4) is 0 Å². The van der Waals surface area contributed by atoms with Crippen LogP contribution in [0.5, 0.6) is 0 Å². The van der Waals surface area contributed by atoms with E-state index in [0.717, 1.165) is 16.1 Å². The lowest BCUT2D eigenvalue weighted by molar-refractivity contribution is 0.560. The smallest absolute Gasteiger partial charge is 0.130 e. The highest BCUT2D eigenvalue weighted by Crippen LogP contribution is 2.18. The summed E-state index contributed by atoms with van der Waals surface area (Å²) in [4.78, 5) is 0. The van der Waals surface area contributed by atoms with Gasteiger partial charge in [0.15, 0.2) is 0 Å². The van der Waals surface area contributed by atoms with E-state index < -0.39 is 11.6 Å². The predicted octanol–water partition coefficient (Wildman–Crippen LogP) is 4.33. The molecular weight excluding hydrogens is 312 g/mol. The fourth-order valence-electron chi connectivity index (χ4n) is 1.79. The van der Waals surface area contributed by atoms with Gasteiger partial charge in [-0.05, 0) is 30.2 Å². The largest absolute Gasteiger partial charge is 0.308 e. The Morgan fingerprint density at radius 3 is 2.37 bits per heavy atom. The Kier molecular flexibility index (Phi) is 4.66. The zero-order valence-corrected chi connectivity index (χ0v) is 12.1. The van der Waals surface area contributed by atoms with Crippen molar-refractivity contribution in [2.45, 2.75) is 20.0 Å². The van der Waals surface area contributed by atoms with Crippen molar-refractivity contribution in [1.82, 2.24) is 5.32 Å². The van der Waals surface area contributed by atoms with E-state index in [9.17, 15) is 8.78 Å². The van der Waals surface area contributed by atoms with E-state index in [4.69, 9.17) is 0 Å². The first-order valence-corrected chi connectivity index (χ1v) is 6.75. The second kappa shape index (κ2) is 6.26. The first kappa shape index (κ1) is 14.2. The highest BCUT2D eigenvalue weighted by Gasteiger charge is 2.04. The molecule has 0 radical (unpaired) electrons. The summed E-state index contributed by atoms with van der Waals surface area (Å²) in [5, 5.41) is 3.15. The number of hydrogen-bond donors (Lipinski definition) is 1. The van der Waals surface area contributed by atoms with Gasteiger partial charge in [0.25, 0.3) is 0 Å². The van der Waals surface area contributed by atoms with Crippen molar-refractivity contribution in [2.24, 2.45) is 0 Å². The predicted molar refractivity (Wildman–Crippen MR) is 75.8 cm³/mol. The molecular formula is C15H14BrF2N. The van der Waals surface area contributed by atoms with Crippen LogP contribution >= 0.6 is 15.9 Å². The molecule has 0 aliphatic carbocycles. The van der Waals surface area contributed by atoms with Gasteiger partial charge in [-0.25, -0.2) is 8.78 Å². The van der Waals surface area contributed by atoms with E-state index >= 15 is 0 Å². The highest BCUT2D eigenvalue weighted by molar-refractivity contribution is 9.10. The minimum atomic E-state index is -0.553. The van der Waals surface area contributed by atoms with Gasteiger partial charge >= 0.3 is 0 Å². The summed E-state index contributed by atoms with van der Waals surface area (Å²) < 4.78 is 27.2. The van der Waals surface area contributed by atoms with E-state index in [0.29, 0.717) is 18.7 Å². The molecule has 0 aliphatic heterocycles. The lowest BCUT2D eigenvalue weighted by atomic mass is 10.1. The average molecular weight is 326 g/mol. The Morgan fingerprint density at radius 1 is 1.00 bits per heavy atom. The van der Waals surface area contributed by atoms with Crippen LogP contribution in [0, 0.1) is 18.6 Å². The third-order valence-corrected chi connectivity index (χ3v) is 3.59. The van der Waals surface area contributed by atoms with Crippen LogP contribution in [0.2, 0.25) is 0 Å². The molecule has 0 saturated heterocycles. The highest BCUT2D eigenvalue weighted by atomic mass is 79.9. The third-order valence-electron chi connectivity index (χ3n) is 2.85. The van der Waals surface area contributed by atoms with Crippen LogP contribution in [0.1, 0.15) is 16.7 Å². The van der Waals surface area contributed by atoms with Crippen LogP contribution < -0.4 is 5.32 Å². The van der Waals surface area contributed by atoms with Crippen LogP contribution in [0.3, 0.4) is 0 Å². The maximum Gasteiger partial charge on any atom is 0.130 e. The monoisotopic (exact) mass is 325 g/mol. The minimum Gasteiger partial charge on any atom is -0.308 e. The van der Waals surface area contributed by atoms with Gasteiger partial charge < -0.3 is 5.32 Å². The second-order valence-electron chi connectivity index (χ2n) is 4.43. The van der Waals surface area contributed by atoms with E-state index in [1.54, 1.807) is 0 Å². The third kappa shape index (κ3) is 3.85. The number of aryl methyl sites for hydroxylation is 1. The van der Waals surface area contributed by atoms with Crippen molar-refractivity contribution in [2.75, 3.05) is 0 Å². The summed E-state index contributed by atoms with van der Waals surface area (Å²) in [5.74, 6) is -1.07. The molecule has 4 heteroatoms. The molecule has 0 fully saturated rings. The van der Waals surface area contributed by atoms with Gasteiger partial charge in [-0.15, -0.1) is 0 Å². The Labute approximate surface area is 119 Å². The molecule has 2 aromatic rings. The normalized spacial score (nSPS) is 10.7. The van der Waals surface area contributed by atoms with Gasteiger partial charge in [-0.2, -0.15) is 0 Å². The topological polar surface area (TPSA) is 12.0 Å². The first-order valence-electron chi connectivity index (χ1n) is 5.96. The Morgan fingerprint density at radius 2 is 1.68 bits per heavy atom. The zero-order valence-electron chi connectivity index (χ0n) is 10.5. The molecule has 1 N–H and O–H groups in total. The van der Waals surface area contributed by atoms with E-state index in [2.05, 4.69) is 21.2 Å². The van der Waals surface area contributed by atoms with E-state index in [-0.39, 0.29) is 0 Å². The fraction of sp³-hybridized carbons (Fsp3) is 0.200. The molecule has 0 heterocycles. The van der Waals surface area contributed by atoms with E-state index in [1.807, 2.05) is 25.1 Å². The molecule has 0 unspecified atom stereocenters. The fourth-order valence-corrected chi connectivity index (χ4v) is 2.43. The maximum absolute atomic E-state index is 13.4. The SMILES string of the molecule is Cc1ccc(CNCc2ccc(F)cc2F)c(Br)c1. The standard InChI is InChI=1S/C15H14BrF2N/c1-10-2-3-11(14(16)6-10)8-19-9-12-4-5-13(17)7-15(12)18/h2-7,19H,8-9H2,1H3. The molecule has 2 rings (SSSR count). The lowest BCUT2D eigenvalue weighted by Gasteiger charge is -2.08. The molecule has 0 amide bonds. The molecule has 100 valence electrons. The van der Waals surface area contributed by atoms with Gasteiger partial charge in [0, 0.05) is 29.2 Å². The van der Waals surface area contributed by atoms with Gasteiger partial charge in [-0.1, -0.05) is 34.1 Å². The molecule has 0 aliphatic rings. The van der Waals surface area contributed by atoms with Crippen LogP contribution in [-0.2, 0) is 13.1 Å². The maximum atomic E-state index is 13.4. The quantitative estimate of drug-likeness (QED) is 0.882. The summed E-state index contributed by atoms with van der Waals surface area (Å²) in [6.07, 6.45) is 0. The van der Waals surface area contributed by atoms with Gasteiger partial charge in [0.1, 0.15) is 11.6 Å². The average Bonchev–Trinajstić information content (AvgIpc) is 2.34. The zero-order chi connectivity index (χ0) is 13.8. The van der Waals surface area contributed by atoms with Crippen molar-refractivity contribution in [3.63, 3.8) is 0 Å². The van der Waals surface area contributed by atoms with Crippen molar-refractivity contribution in [1.29, 1.82) is 0 Å². The van der Waals surface area contributed by atoms with Crippen LogP contribution in [-0.4, -0.2) is 0 Å². The Bertz CT molecular complexity index is 533. The van der Waals surface area contributed by atoms with Gasteiger partial charge in [-0.3, -0.25) is 0 Å². The first-order chi connectivity index (χ1) is 9.06. The van der Waals surface area contributed by atoms with Gasteiger partial charge in [0.2, 0.25) is 0 Å². The Balaban J connectivity index is 1.96. The van der Waals surface area contributed by atoms with Crippen LogP contribution in [0.25, 0.3) is 0 Å². The summed E-state index contributed by atoms with van der Waals surface area (Å²) in [5.41, 5.74) is 2.75. The van der Waals surface area contributed by atoms with Crippen molar-refractivity contribution in [3.05, 3.63) is 69.2 Å². The molecule has 19 heavy (non-hydrogen) atoms. The van der Waals surface area contributed by atoms with Crippen LogP contribution in [0.15, 0.2) is 40.9 Å². The summed E-state index contributed by atoms with van der Waals surface area (Å²) >= 11 is 3.49. The van der Waals surface area contributed by atoms with Crippen molar-refractivity contribution >= 4 is 15.9 Å². The number of benzene rings is 2. The van der Waals surface area contributed by atoms with Crippen molar-refractivity contribution < 1.29 is 8.78 Å². The summed E-state index contributed by atoms with van der Waals surface area (Å²) in [6.45, 7) is 3.01. The number of hydrogen-bond acceptors (Lipinski definition) is 1. The Hall–Kier alpha value is -1.26. The number of rotatable bonds is 4. The summed E-state index contributed by atoms with van der Waals surface area (Å²) in [6, 6.07) is 9.71. The summed E-state index contributed by atoms with van der Waals surface area (Å²) in [7, 11) is 0. The minimum absolute atomic E-state index is 0.367. The lowest BCUT2D eigenvalue weighted by Crippen LogP contribution is -2.14. The molecule has 0 bridgehead atoms. The van der Waals surface area contributed by atoms with E-state index in [1.165, 1.54) is 17.7 Å². The van der Waals surface area contributed by atoms with Gasteiger partial charge in [0.05, 0.1) is 0 Å². The van der Waals surface area contributed by atoms with Crippen LogP contribution in [0.4, 0.5) is 8.78 Å². The number of halogens is 3. The number of nitrogens with one attached hydrogen (secondary N) is 1. The molecule has 2 aromatic carbocycles. The second-order valence-corrected chi connectivity index (χ2v) is 5.29.